The summed E-state index contributed by atoms with van der Waals surface area (Å²) in [7, 11) is 3.16. The highest BCUT2D eigenvalue weighted by molar-refractivity contribution is 5.91. The van der Waals surface area contributed by atoms with Gasteiger partial charge in [0, 0.05) is 5.69 Å². The fraction of sp³-hybridized carbons (Fsp3) is 0.316. The van der Waals surface area contributed by atoms with Gasteiger partial charge in [0.05, 0.1) is 31.0 Å². The van der Waals surface area contributed by atoms with Crippen LogP contribution in [-0.4, -0.2) is 39.9 Å². The zero-order chi connectivity index (χ0) is 18.8. The topological polar surface area (TPSA) is 86.0 Å². The highest BCUT2D eigenvalue weighted by Crippen LogP contribution is 2.41. The van der Waals surface area contributed by atoms with Gasteiger partial charge in [-0.1, -0.05) is 19.4 Å². The standard InChI is InChI=1S/C19H21N3O4/c1-5-7-12-10-13(19(23)24)20-18-16(11(2)21-22(12)18)17-14(25-3)8-6-9-15(17)26-4/h6,8-10H,5,7H2,1-4H3,(H,23,24). The number of carbonyl (C=O) groups is 1. The normalized spacial score (nSPS) is 10.9. The van der Waals surface area contributed by atoms with E-state index in [9.17, 15) is 9.90 Å². The molecule has 136 valence electrons. The van der Waals surface area contributed by atoms with Crippen molar-refractivity contribution in [1.82, 2.24) is 14.6 Å². The van der Waals surface area contributed by atoms with E-state index in [0.717, 1.165) is 17.8 Å². The van der Waals surface area contributed by atoms with Gasteiger partial charge in [-0.3, -0.25) is 0 Å². The van der Waals surface area contributed by atoms with Gasteiger partial charge in [0.25, 0.3) is 0 Å². The summed E-state index contributed by atoms with van der Waals surface area (Å²) in [6.45, 7) is 3.90. The Balaban J connectivity index is 2.41. The van der Waals surface area contributed by atoms with Crippen molar-refractivity contribution in [3.8, 4) is 22.6 Å². The van der Waals surface area contributed by atoms with Gasteiger partial charge in [0.1, 0.15) is 11.5 Å². The Bertz CT molecular complexity index is 956. The molecule has 0 bridgehead atoms. The maximum absolute atomic E-state index is 11.6. The Morgan fingerprint density at radius 3 is 2.38 bits per heavy atom. The highest BCUT2D eigenvalue weighted by Gasteiger charge is 2.23. The number of carboxylic acids is 1. The number of aryl methyl sites for hydroxylation is 2. The first-order chi connectivity index (χ1) is 12.5. The Morgan fingerprint density at radius 2 is 1.85 bits per heavy atom. The summed E-state index contributed by atoms with van der Waals surface area (Å²) in [5.74, 6) is 0.158. The van der Waals surface area contributed by atoms with Crippen LogP contribution < -0.4 is 9.47 Å². The number of hydrogen-bond donors (Lipinski definition) is 1. The molecule has 7 nitrogen and oxygen atoms in total. The van der Waals surface area contributed by atoms with Crippen molar-refractivity contribution in [3.05, 3.63) is 41.3 Å². The lowest BCUT2D eigenvalue weighted by molar-refractivity contribution is 0.0690. The molecule has 0 saturated carbocycles. The molecule has 26 heavy (non-hydrogen) atoms. The van der Waals surface area contributed by atoms with Gasteiger partial charge in [-0.25, -0.2) is 14.3 Å². The van der Waals surface area contributed by atoms with Crippen LogP contribution in [0.5, 0.6) is 11.5 Å². The zero-order valence-electron chi connectivity index (χ0n) is 15.2. The van der Waals surface area contributed by atoms with Crippen LogP contribution in [0.15, 0.2) is 24.3 Å². The van der Waals surface area contributed by atoms with Crippen LogP contribution in [0.1, 0.15) is 35.2 Å². The van der Waals surface area contributed by atoms with Crippen molar-refractivity contribution in [2.24, 2.45) is 0 Å². The third-order valence-corrected chi connectivity index (χ3v) is 4.24. The van der Waals surface area contributed by atoms with Crippen molar-refractivity contribution in [1.29, 1.82) is 0 Å². The first-order valence-corrected chi connectivity index (χ1v) is 8.35. The van der Waals surface area contributed by atoms with Crippen LogP contribution in [-0.2, 0) is 6.42 Å². The predicted molar refractivity (Wildman–Crippen MR) is 97.2 cm³/mol. The van der Waals surface area contributed by atoms with Gasteiger partial charge >= 0.3 is 5.97 Å². The quantitative estimate of drug-likeness (QED) is 0.729. The second-order valence-electron chi connectivity index (χ2n) is 5.92. The molecular formula is C19H21N3O4. The molecule has 0 aliphatic carbocycles. The monoisotopic (exact) mass is 355 g/mol. The molecule has 0 saturated heterocycles. The fourth-order valence-electron chi connectivity index (χ4n) is 3.12. The molecule has 7 heteroatoms. The molecule has 3 rings (SSSR count). The second-order valence-corrected chi connectivity index (χ2v) is 5.92. The zero-order valence-corrected chi connectivity index (χ0v) is 15.2. The van der Waals surface area contributed by atoms with Gasteiger partial charge in [0.15, 0.2) is 11.3 Å². The number of nitrogens with zero attached hydrogens (tertiary/aromatic N) is 3. The summed E-state index contributed by atoms with van der Waals surface area (Å²) in [5.41, 5.74) is 3.42. The summed E-state index contributed by atoms with van der Waals surface area (Å²) in [6, 6.07) is 7.07. The van der Waals surface area contributed by atoms with E-state index in [2.05, 4.69) is 10.1 Å². The SMILES string of the molecule is CCCc1cc(C(=O)O)nc2c(-c3c(OC)cccc3OC)c(C)nn12. The summed E-state index contributed by atoms with van der Waals surface area (Å²) < 4.78 is 12.7. The summed E-state index contributed by atoms with van der Waals surface area (Å²) >= 11 is 0. The molecule has 1 aromatic carbocycles. The molecule has 0 amide bonds. The number of methoxy groups -OCH3 is 2. The number of fused-ring (bicyclic) bond motifs is 1. The smallest absolute Gasteiger partial charge is 0.354 e. The molecule has 0 unspecified atom stereocenters. The molecule has 0 atom stereocenters. The van der Waals surface area contributed by atoms with Crippen molar-refractivity contribution < 1.29 is 19.4 Å². The van der Waals surface area contributed by atoms with E-state index in [4.69, 9.17) is 9.47 Å². The maximum Gasteiger partial charge on any atom is 0.354 e. The van der Waals surface area contributed by atoms with Crippen LogP contribution in [0.3, 0.4) is 0 Å². The molecule has 0 aliphatic rings. The first kappa shape index (κ1) is 17.7. The van der Waals surface area contributed by atoms with E-state index in [0.29, 0.717) is 34.7 Å². The Labute approximate surface area is 151 Å². The highest BCUT2D eigenvalue weighted by atomic mass is 16.5. The van der Waals surface area contributed by atoms with Gasteiger partial charge < -0.3 is 14.6 Å². The van der Waals surface area contributed by atoms with E-state index in [1.807, 2.05) is 32.0 Å². The first-order valence-electron chi connectivity index (χ1n) is 8.35. The molecule has 0 fully saturated rings. The van der Waals surface area contributed by atoms with Crippen molar-refractivity contribution in [2.75, 3.05) is 14.2 Å². The Hall–Kier alpha value is -3.09. The molecular weight excluding hydrogens is 334 g/mol. The third kappa shape index (κ3) is 2.85. The Morgan fingerprint density at radius 1 is 1.19 bits per heavy atom. The molecule has 1 N–H and O–H groups in total. The van der Waals surface area contributed by atoms with Crippen molar-refractivity contribution >= 4 is 11.6 Å². The van der Waals surface area contributed by atoms with E-state index >= 15 is 0 Å². The molecule has 2 heterocycles. The largest absolute Gasteiger partial charge is 0.496 e. The van der Waals surface area contributed by atoms with E-state index in [1.165, 1.54) is 0 Å². The molecule has 0 radical (unpaired) electrons. The average Bonchev–Trinajstić information content (AvgIpc) is 2.96. The number of rotatable bonds is 6. The van der Waals surface area contributed by atoms with Gasteiger partial charge in [-0.2, -0.15) is 5.10 Å². The summed E-state index contributed by atoms with van der Waals surface area (Å²) in [6.07, 6.45) is 1.56. The van der Waals surface area contributed by atoms with Crippen LogP contribution in [0.2, 0.25) is 0 Å². The number of aromatic carboxylic acids is 1. The van der Waals surface area contributed by atoms with Crippen molar-refractivity contribution in [2.45, 2.75) is 26.7 Å². The molecule has 0 aliphatic heterocycles. The van der Waals surface area contributed by atoms with Gasteiger partial charge in [0.2, 0.25) is 0 Å². The third-order valence-electron chi connectivity index (χ3n) is 4.24. The number of ether oxygens (including phenoxy) is 2. The number of carboxylic acid groups (broad SMARTS) is 1. The number of hydrogen-bond acceptors (Lipinski definition) is 5. The van der Waals surface area contributed by atoms with E-state index < -0.39 is 5.97 Å². The second kappa shape index (κ2) is 7.03. The fourth-order valence-corrected chi connectivity index (χ4v) is 3.12. The van der Waals surface area contributed by atoms with Crippen LogP contribution in [0.4, 0.5) is 0 Å². The van der Waals surface area contributed by atoms with Crippen LogP contribution >= 0.6 is 0 Å². The molecule has 0 spiro atoms. The van der Waals surface area contributed by atoms with E-state index in [1.54, 1.807) is 24.8 Å². The number of aromatic nitrogens is 3. The van der Waals surface area contributed by atoms with Gasteiger partial charge in [-0.05, 0) is 31.5 Å². The Kier molecular flexibility index (Phi) is 4.79. The lowest BCUT2D eigenvalue weighted by Crippen LogP contribution is -2.08. The van der Waals surface area contributed by atoms with Crippen molar-refractivity contribution in [3.63, 3.8) is 0 Å². The maximum atomic E-state index is 11.6. The van der Waals surface area contributed by atoms with Crippen LogP contribution in [0, 0.1) is 6.92 Å². The van der Waals surface area contributed by atoms with Crippen LogP contribution in [0.25, 0.3) is 16.8 Å². The summed E-state index contributed by atoms with van der Waals surface area (Å²) in [4.78, 5) is 15.9. The lowest BCUT2D eigenvalue weighted by atomic mass is 10.0. The predicted octanol–water partition coefficient (Wildman–Crippen LogP) is 3.37. The minimum atomic E-state index is -1.07. The average molecular weight is 355 g/mol. The van der Waals surface area contributed by atoms with E-state index in [-0.39, 0.29) is 5.69 Å². The minimum Gasteiger partial charge on any atom is -0.496 e. The lowest BCUT2D eigenvalue weighted by Gasteiger charge is -2.13. The number of benzene rings is 1. The summed E-state index contributed by atoms with van der Waals surface area (Å²) in [5, 5.41) is 14.1. The minimum absolute atomic E-state index is 0.00374. The van der Waals surface area contributed by atoms with Gasteiger partial charge in [-0.15, -0.1) is 0 Å². The molecule has 3 aromatic rings. The molecule has 2 aromatic heterocycles.